The molecule has 0 saturated heterocycles. The first kappa shape index (κ1) is 88.4. The largest absolute Gasteiger partial charge is 0.477 e. The molecule has 0 fully saturated rings. The second kappa shape index (κ2) is 73.2. The van der Waals surface area contributed by atoms with E-state index in [1.807, 2.05) is 21.1 Å². The second-order valence-electron chi connectivity index (χ2n) is 26.6. The van der Waals surface area contributed by atoms with Gasteiger partial charge in [0.05, 0.1) is 34.4 Å². The lowest BCUT2D eigenvalue weighted by Crippen LogP contribution is -2.40. The molecule has 0 rings (SSSR count). The number of nitrogens with zero attached hydrogens (tertiary/aromatic N) is 1. The molecule has 9 nitrogen and oxygen atoms in total. The fourth-order valence-corrected chi connectivity index (χ4v) is 10.6. The predicted molar refractivity (Wildman–Crippen MR) is 401 cm³/mol. The van der Waals surface area contributed by atoms with Crippen LogP contribution in [-0.2, 0) is 33.3 Å². The number of hydrogen-bond acceptors (Lipinski definition) is 7. The van der Waals surface area contributed by atoms with E-state index >= 15 is 0 Å². The van der Waals surface area contributed by atoms with Crippen LogP contribution in [0.1, 0.15) is 322 Å². The lowest BCUT2D eigenvalue weighted by atomic mass is 10.0. The van der Waals surface area contributed by atoms with Crippen molar-refractivity contribution >= 4 is 17.9 Å². The van der Waals surface area contributed by atoms with Crippen molar-refractivity contribution in [2.24, 2.45) is 0 Å². The smallest absolute Gasteiger partial charge is 0.361 e. The fraction of sp³-hybridized carbons (Fsp3) is 0.702. The van der Waals surface area contributed by atoms with Gasteiger partial charge < -0.3 is 28.5 Å². The van der Waals surface area contributed by atoms with Crippen molar-refractivity contribution in [1.82, 2.24) is 0 Å². The van der Waals surface area contributed by atoms with Crippen molar-refractivity contribution in [2.75, 3.05) is 47.5 Å². The molecule has 1 N–H and O–H groups in total. The minimum atomic E-state index is -1.52. The summed E-state index contributed by atoms with van der Waals surface area (Å²) in [6.45, 7) is 4.75. The topological polar surface area (TPSA) is 108 Å². The molecule has 0 aliphatic rings. The van der Waals surface area contributed by atoms with Crippen molar-refractivity contribution in [2.45, 2.75) is 334 Å². The Morgan fingerprint density at radius 2 is 0.613 bits per heavy atom. The van der Waals surface area contributed by atoms with E-state index < -0.39 is 24.3 Å². The van der Waals surface area contributed by atoms with E-state index in [9.17, 15) is 19.5 Å². The van der Waals surface area contributed by atoms with Crippen LogP contribution in [0.2, 0.25) is 0 Å². The summed E-state index contributed by atoms with van der Waals surface area (Å²) in [5.74, 6) is -2.03. The van der Waals surface area contributed by atoms with Crippen molar-refractivity contribution in [3.05, 3.63) is 134 Å². The number of aliphatic carboxylic acids is 1. The highest BCUT2D eigenvalue weighted by Gasteiger charge is 2.25. The number of carbonyl (C=O) groups excluding carboxylic acids is 2. The highest BCUT2D eigenvalue weighted by atomic mass is 16.7. The highest BCUT2D eigenvalue weighted by molar-refractivity contribution is 5.71. The standard InChI is InChI=1S/C84H143NO8/c1-6-8-10-12-14-16-18-20-22-24-26-28-30-32-34-36-38-40-41-43-44-46-48-50-52-54-56-58-60-62-64-66-68-70-72-74-81(86)91-78-80(79-92-84(83(88)89)90-77-76-85(3,4)5)93-82(87)75-73-71-69-67-65-63-61-59-57-55-53-51-49-47-45-42-39-37-35-33-31-29-27-25-23-21-19-17-15-13-11-9-7-2/h9,11,15,17-18,20-21,23-24,26-27,29,33,35,39,42,47,49,53,55,59,61,80,84H,6-8,10,12-14,16,19,22,25,28,30-32,34,36-38,40-41,43-46,48,50-52,54,56-58,60,62-79H2,1-5H3/p+1/b11-9-,17-15-,20-18-,23-21-,26-24-,29-27-,35-33-,42-39-,49-47-,55-53-,61-59-. The highest BCUT2D eigenvalue weighted by Crippen LogP contribution is 2.18. The molecule has 0 radical (unpaired) electrons. The molecule has 0 bridgehead atoms. The van der Waals surface area contributed by atoms with Gasteiger partial charge in [-0.25, -0.2) is 4.79 Å². The monoisotopic (exact) mass is 1300 g/mol. The van der Waals surface area contributed by atoms with Gasteiger partial charge >= 0.3 is 17.9 Å². The predicted octanol–water partition coefficient (Wildman–Crippen LogP) is 24.5. The van der Waals surface area contributed by atoms with Crippen LogP contribution in [-0.4, -0.2) is 87.4 Å². The van der Waals surface area contributed by atoms with Gasteiger partial charge in [0.2, 0.25) is 0 Å². The van der Waals surface area contributed by atoms with Gasteiger partial charge in [0, 0.05) is 12.8 Å². The molecule has 93 heavy (non-hydrogen) atoms. The number of likely N-dealkylation sites (N-methyl/N-ethyl adjacent to an activating group) is 1. The minimum absolute atomic E-state index is 0.178. The van der Waals surface area contributed by atoms with E-state index in [-0.39, 0.29) is 32.2 Å². The summed E-state index contributed by atoms with van der Waals surface area (Å²) >= 11 is 0. The molecule has 9 heteroatoms. The van der Waals surface area contributed by atoms with Crippen molar-refractivity contribution in [1.29, 1.82) is 0 Å². The van der Waals surface area contributed by atoms with Gasteiger partial charge in [-0.3, -0.25) is 9.59 Å². The molecule has 0 aromatic carbocycles. The SMILES string of the molecule is CC/C=C\C/C=C\C/C=C\C/C=C\C/C=C\C/C=C\C/C=C\C/C=C\C/C=C\CCCCCCCC(=O)OC(COC(=O)CCCCCCCCCCCCCCCCCCCCCCCCC/C=C\C/C=C\CCCCCCC)COC(OCC[N+](C)(C)C)C(=O)O. The van der Waals surface area contributed by atoms with E-state index in [1.54, 1.807) is 0 Å². The number of ether oxygens (including phenoxy) is 4. The summed E-state index contributed by atoms with van der Waals surface area (Å²) in [7, 11) is 5.97. The van der Waals surface area contributed by atoms with E-state index in [1.165, 1.54) is 173 Å². The zero-order valence-corrected chi connectivity index (χ0v) is 60.9. The lowest BCUT2D eigenvalue weighted by Gasteiger charge is -2.25. The Labute approximate surface area is 573 Å². The first-order valence-electron chi connectivity index (χ1n) is 38.3. The molecule has 0 saturated carbocycles. The molecular formula is C84H144NO8+. The summed E-state index contributed by atoms with van der Waals surface area (Å²) in [5, 5.41) is 9.76. The number of unbranched alkanes of at least 4 members (excludes halogenated alkanes) is 33. The molecule has 2 atom stereocenters. The summed E-state index contributed by atoms with van der Waals surface area (Å²) in [5.41, 5.74) is 0. The number of carboxylic acid groups (broad SMARTS) is 1. The number of rotatable bonds is 70. The average Bonchev–Trinajstić information content (AvgIpc) is 3.74. The van der Waals surface area contributed by atoms with Crippen LogP contribution in [0.25, 0.3) is 0 Å². The van der Waals surface area contributed by atoms with Gasteiger partial charge in [-0.05, 0) is 116 Å². The molecular weight excluding hydrogens is 1150 g/mol. The molecule has 0 aliphatic heterocycles. The minimum Gasteiger partial charge on any atom is -0.477 e. The van der Waals surface area contributed by atoms with E-state index in [2.05, 4.69) is 148 Å². The van der Waals surface area contributed by atoms with E-state index in [4.69, 9.17) is 18.9 Å². The molecule has 2 unspecified atom stereocenters. The number of hydrogen-bond donors (Lipinski definition) is 1. The quantitative estimate of drug-likeness (QED) is 0.0211. The third-order valence-corrected chi connectivity index (χ3v) is 16.4. The van der Waals surface area contributed by atoms with Crippen LogP contribution >= 0.6 is 0 Å². The van der Waals surface area contributed by atoms with E-state index in [0.29, 0.717) is 23.9 Å². The molecule has 532 valence electrons. The fourth-order valence-electron chi connectivity index (χ4n) is 10.6. The third-order valence-electron chi connectivity index (χ3n) is 16.4. The first-order chi connectivity index (χ1) is 45.6. The van der Waals surface area contributed by atoms with Crippen LogP contribution < -0.4 is 0 Å². The Hall–Kier alpha value is -4.57. The van der Waals surface area contributed by atoms with Crippen molar-refractivity contribution in [3.63, 3.8) is 0 Å². The molecule has 0 aliphatic carbocycles. The van der Waals surface area contributed by atoms with E-state index in [0.717, 1.165) is 116 Å². The molecule has 0 amide bonds. The van der Waals surface area contributed by atoms with Crippen LogP contribution in [0.5, 0.6) is 0 Å². The second-order valence-corrected chi connectivity index (χ2v) is 26.6. The lowest BCUT2D eigenvalue weighted by molar-refractivity contribution is -0.870. The van der Waals surface area contributed by atoms with Crippen LogP contribution in [0.4, 0.5) is 0 Å². The normalized spacial score (nSPS) is 13.4. The van der Waals surface area contributed by atoms with Gasteiger partial charge in [0.25, 0.3) is 6.29 Å². The number of allylic oxidation sites excluding steroid dienone is 22. The zero-order chi connectivity index (χ0) is 67.5. The van der Waals surface area contributed by atoms with Gasteiger partial charge in [-0.1, -0.05) is 327 Å². The zero-order valence-electron chi connectivity index (χ0n) is 60.9. The summed E-state index contributed by atoms with van der Waals surface area (Å²) in [4.78, 5) is 37.7. The maximum Gasteiger partial charge on any atom is 0.361 e. The Balaban J connectivity index is 4.12. The van der Waals surface area contributed by atoms with Crippen LogP contribution in [0.3, 0.4) is 0 Å². The Morgan fingerprint density at radius 3 is 0.914 bits per heavy atom. The summed E-state index contributed by atoms with van der Waals surface area (Å²) in [6, 6.07) is 0. The molecule has 0 heterocycles. The first-order valence-corrected chi connectivity index (χ1v) is 38.3. The Morgan fingerprint density at radius 1 is 0.333 bits per heavy atom. The summed E-state index contributed by atoms with van der Waals surface area (Å²) in [6.07, 6.45) is 103. The third kappa shape index (κ3) is 74.7. The molecule has 0 aromatic heterocycles. The Kier molecular flexibility index (Phi) is 69.6. The average molecular weight is 1300 g/mol. The number of quaternary nitrogens is 1. The van der Waals surface area contributed by atoms with Crippen LogP contribution in [0, 0.1) is 0 Å². The number of esters is 2. The maximum atomic E-state index is 13.0. The van der Waals surface area contributed by atoms with Gasteiger partial charge in [0.15, 0.2) is 6.10 Å². The maximum absolute atomic E-state index is 13.0. The van der Waals surface area contributed by atoms with Gasteiger partial charge in [0.1, 0.15) is 13.2 Å². The Bertz CT molecular complexity index is 2000. The number of carboxylic acids is 1. The van der Waals surface area contributed by atoms with Gasteiger partial charge in [-0.2, -0.15) is 0 Å². The summed E-state index contributed by atoms with van der Waals surface area (Å²) < 4.78 is 23.0. The number of carbonyl (C=O) groups is 3. The van der Waals surface area contributed by atoms with Crippen LogP contribution in [0.15, 0.2) is 134 Å². The van der Waals surface area contributed by atoms with Crippen molar-refractivity contribution < 1.29 is 42.9 Å². The van der Waals surface area contributed by atoms with Gasteiger partial charge in [-0.15, -0.1) is 0 Å². The molecule has 0 spiro atoms. The van der Waals surface area contributed by atoms with Crippen molar-refractivity contribution in [3.8, 4) is 0 Å². The molecule has 0 aromatic rings.